The highest BCUT2D eigenvalue weighted by Crippen LogP contribution is 2.25. The Kier molecular flexibility index (Phi) is 7.75. The Bertz CT molecular complexity index is 464. The maximum Gasteiger partial charge on any atom is 0.222 e. The van der Waals surface area contributed by atoms with E-state index in [1.165, 1.54) is 0 Å². The number of carbonyl (C=O) groups excluding carboxylic acids is 1. The Morgan fingerprint density at radius 3 is 2.76 bits per heavy atom. The molecular formula is C16H25BrN2O2. The van der Waals surface area contributed by atoms with Crippen LogP contribution in [0.15, 0.2) is 22.7 Å². The van der Waals surface area contributed by atoms with E-state index in [1.807, 2.05) is 12.1 Å². The van der Waals surface area contributed by atoms with Crippen LogP contribution in [0.25, 0.3) is 0 Å². The second-order valence-electron chi connectivity index (χ2n) is 5.36. The minimum absolute atomic E-state index is 0.127. The molecule has 0 heterocycles. The fourth-order valence-electron chi connectivity index (χ4n) is 1.90. The van der Waals surface area contributed by atoms with E-state index in [9.17, 15) is 4.79 Å². The number of ether oxygens (including phenoxy) is 1. The quantitative estimate of drug-likeness (QED) is 0.728. The standard InChI is InChI=1S/C16H25BrN2O2/c1-4-14(18)11-12-10-13(17)7-8-15(12)21-9-5-6-16(20)19(2)3/h7-8,10,14H,4-6,9,11,18H2,1-3H3. The van der Waals surface area contributed by atoms with Crippen LogP contribution >= 0.6 is 15.9 Å². The Morgan fingerprint density at radius 2 is 2.14 bits per heavy atom. The highest BCUT2D eigenvalue weighted by atomic mass is 79.9. The lowest BCUT2D eigenvalue weighted by Crippen LogP contribution is -2.22. The van der Waals surface area contributed by atoms with Crippen molar-refractivity contribution < 1.29 is 9.53 Å². The summed E-state index contributed by atoms with van der Waals surface area (Å²) in [6, 6.07) is 6.10. The van der Waals surface area contributed by atoms with E-state index in [0.29, 0.717) is 19.4 Å². The van der Waals surface area contributed by atoms with Crippen molar-refractivity contribution in [1.29, 1.82) is 0 Å². The van der Waals surface area contributed by atoms with Crippen LogP contribution in [0.5, 0.6) is 5.75 Å². The van der Waals surface area contributed by atoms with Gasteiger partial charge in [-0.1, -0.05) is 22.9 Å². The molecule has 0 bridgehead atoms. The van der Waals surface area contributed by atoms with E-state index in [4.69, 9.17) is 10.5 Å². The minimum Gasteiger partial charge on any atom is -0.493 e. The minimum atomic E-state index is 0.127. The molecule has 1 aromatic carbocycles. The van der Waals surface area contributed by atoms with E-state index < -0.39 is 0 Å². The second kappa shape index (κ2) is 9.05. The lowest BCUT2D eigenvalue weighted by atomic mass is 10.0. The normalized spacial score (nSPS) is 12.0. The lowest BCUT2D eigenvalue weighted by Gasteiger charge is -2.15. The van der Waals surface area contributed by atoms with Gasteiger partial charge in [-0.25, -0.2) is 0 Å². The fraction of sp³-hybridized carbons (Fsp3) is 0.562. The van der Waals surface area contributed by atoms with Crippen molar-refractivity contribution in [1.82, 2.24) is 4.90 Å². The van der Waals surface area contributed by atoms with Gasteiger partial charge < -0.3 is 15.4 Å². The molecule has 1 amide bonds. The number of halogens is 1. The smallest absolute Gasteiger partial charge is 0.222 e. The first-order chi connectivity index (χ1) is 9.93. The summed E-state index contributed by atoms with van der Waals surface area (Å²) >= 11 is 3.48. The summed E-state index contributed by atoms with van der Waals surface area (Å²) < 4.78 is 6.84. The third-order valence-corrected chi connectivity index (χ3v) is 3.81. The maximum atomic E-state index is 11.5. The molecule has 1 atom stereocenters. The van der Waals surface area contributed by atoms with Crippen LogP contribution in [0.2, 0.25) is 0 Å². The summed E-state index contributed by atoms with van der Waals surface area (Å²) in [7, 11) is 3.53. The predicted molar refractivity (Wildman–Crippen MR) is 89.5 cm³/mol. The molecule has 1 aromatic rings. The SMILES string of the molecule is CCC(N)Cc1cc(Br)ccc1OCCCC(=O)N(C)C. The molecule has 0 radical (unpaired) electrons. The van der Waals surface area contributed by atoms with E-state index in [1.54, 1.807) is 19.0 Å². The van der Waals surface area contributed by atoms with Gasteiger partial charge >= 0.3 is 0 Å². The Morgan fingerprint density at radius 1 is 1.43 bits per heavy atom. The topological polar surface area (TPSA) is 55.6 Å². The molecule has 0 aromatic heterocycles. The van der Waals surface area contributed by atoms with Crippen LogP contribution in [0, 0.1) is 0 Å². The number of nitrogens with zero attached hydrogens (tertiary/aromatic N) is 1. The summed E-state index contributed by atoms with van der Waals surface area (Å²) in [6.07, 6.45) is 2.95. The zero-order chi connectivity index (χ0) is 15.8. The van der Waals surface area contributed by atoms with Gasteiger partial charge in [0, 0.05) is 31.0 Å². The molecule has 0 fully saturated rings. The summed E-state index contributed by atoms with van der Waals surface area (Å²) in [5.41, 5.74) is 7.14. The number of hydrogen-bond acceptors (Lipinski definition) is 3. The van der Waals surface area contributed by atoms with Crippen molar-refractivity contribution in [2.75, 3.05) is 20.7 Å². The molecule has 0 aliphatic carbocycles. The molecule has 0 saturated carbocycles. The Labute approximate surface area is 135 Å². The van der Waals surface area contributed by atoms with Crippen molar-refractivity contribution in [3.8, 4) is 5.75 Å². The molecule has 118 valence electrons. The van der Waals surface area contributed by atoms with Crippen LogP contribution in [0.1, 0.15) is 31.7 Å². The molecule has 4 nitrogen and oxygen atoms in total. The molecule has 2 N–H and O–H groups in total. The summed E-state index contributed by atoms with van der Waals surface area (Å²) in [4.78, 5) is 13.1. The lowest BCUT2D eigenvalue weighted by molar-refractivity contribution is -0.128. The van der Waals surface area contributed by atoms with Gasteiger partial charge in [-0.3, -0.25) is 4.79 Å². The van der Waals surface area contributed by atoms with Gasteiger partial charge in [-0.15, -0.1) is 0 Å². The number of rotatable bonds is 8. The molecule has 0 saturated heterocycles. The number of nitrogens with two attached hydrogens (primary N) is 1. The number of hydrogen-bond donors (Lipinski definition) is 1. The van der Waals surface area contributed by atoms with E-state index in [2.05, 4.69) is 28.9 Å². The number of benzene rings is 1. The molecule has 0 aliphatic rings. The molecule has 0 aliphatic heterocycles. The van der Waals surface area contributed by atoms with Gasteiger partial charge in [0.15, 0.2) is 0 Å². The van der Waals surface area contributed by atoms with Crippen LogP contribution in [0.4, 0.5) is 0 Å². The van der Waals surface area contributed by atoms with Gasteiger partial charge in [-0.2, -0.15) is 0 Å². The van der Waals surface area contributed by atoms with E-state index in [0.717, 1.165) is 28.6 Å². The zero-order valence-corrected chi connectivity index (χ0v) is 14.6. The van der Waals surface area contributed by atoms with Crippen molar-refractivity contribution in [3.63, 3.8) is 0 Å². The van der Waals surface area contributed by atoms with Crippen molar-refractivity contribution in [3.05, 3.63) is 28.2 Å². The third-order valence-electron chi connectivity index (χ3n) is 3.32. The van der Waals surface area contributed by atoms with Gasteiger partial charge in [-0.05, 0) is 43.0 Å². The summed E-state index contributed by atoms with van der Waals surface area (Å²) in [5, 5.41) is 0. The molecule has 0 spiro atoms. The first-order valence-corrected chi connectivity index (χ1v) is 8.10. The third kappa shape index (κ3) is 6.48. The Hall–Kier alpha value is -1.07. The molecular weight excluding hydrogens is 332 g/mol. The van der Waals surface area contributed by atoms with E-state index >= 15 is 0 Å². The molecule has 1 rings (SSSR count). The van der Waals surface area contributed by atoms with E-state index in [-0.39, 0.29) is 11.9 Å². The maximum absolute atomic E-state index is 11.5. The molecule has 1 unspecified atom stereocenters. The average Bonchev–Trinajstić information content (AvgIpc) is 2.44. The van der Waals surface area contributed by atoms with Gasteiger partial charge in [0.25, 0.3) is 0 Å². The van der Waals surface area contributed by atoms with Crippen LogP contribution in [0.3, 0.4) is 0 Å². The van der Waals surface area contributed by atoms with Crippen LogP contribution < -0.4 is 10.5 Å². The Balaban J connectivity index is 2.56. The van der Waals surface area contributed by atoms with Gasteiger partial charge in [0.05, 0.1) is 6.61 Å². The van der Waals surface area contributed by atoms with Gasteiger partial charge in [0.2, 0.25) is 5.91 Å². The number of carbonyl (C=O) groups is 1. The highest BCUT2D eigenvalue weighted by molar-refractivity contribution is 9.10. The van der Waals surface area contributed by atoms with Gasteiger partial charge in [0.1, 0.15) is 5.75 Å². The first-order valence-electron chi connectivity index (χ1n) is 7.31. The van der Waals surface area contributed by atoms with Crippen molar-refractivity contribution in [2.24, 2.45) is 5.73 Å². The monoisotopic (exact) mass is 356 g/mol. The zero-order valence-electron chi connectivity index (χ0n) is 13.1. The number of amides is 1. The molecule has 5 heteroatoms. The summed E-state index contributed by atoms with van der Waals surface area (Å²) in [5.74, 6) is 0.988. The molecule has 21 heavy (non-hydrogen) atoms. The van der Waals surface area contributed by atoms with Crippen molar-refractivity contribution in [2.45, 2.75) is 38.6 Å². The van der Waals surface area contributed by atoms with Crippen LogP contribution in [-0.4, -0.2) is 37.6 Å². The second-order valence-corrected chi connectivity index (χ2v) is 6.28. The summed E-state index contributed by atoms with van der Waals surface area (Å²) in [6.45, 7) is 2.62. The average molecular weight is 357 g/mol. The highest BCUT2D eigenvalue weighted by Gasteiger charge is 2.09. The van der Waals surface area contributed by atoms with Crippen LogP contribution in [-0.2, 0) is 11.2 Å². The van der Waals surface area contributed by atoms with Crippen molar-refractivity contribution >= 4 is 21.8 Å². The first kappa shape index (κ1) is 18.0. The largest absolute Gasteiger partial charge is 0.493 e. The fourth-order valence-corrected chi connectivity index (χ4v) is 2.31. The predicted octanol–water partition coefficient (Wildman–Crippen LogP) is 2.98.